The summed E-state index contributed by atoms with van der Waals surface area (Å²) in [6.45, 7) is 0. The first-order chi connectivity index (χ1) is 11.1. The van der Waals surface area contributed by atoms with Gasteiger partial charge in [-0.05, 0) is 24.3 Å². The van der Waals surface area contributed by atoms with Gasteiger partial charge in [0.2, 0.25) is 10.0 Å². The van der Waals surface area contributed by atoms with Crippen molar-refractivity contribution >= 4 is 16.0 Å². The summed E-state index contributed by atoms with van der Waals surface area (Å²) in [5.41, 5.74) is -0.619. The smallest absolute Gasteiger partial charge is 0.416 e. The number of sulfonamides is 1. The zero-order valence-electron chi connectivity index (χ0n) is 11.9. The van der Waals surface area contributed by atoms with Gasteiger partial charge in [-0.15, -0.1) is 0 Å². The third kappa shape index (κ3) is 4.32. The Morgan fingerprint density at radius 3 is 2.38 bits per heavy atom. The summed E-state index contributed by atoms with van der Waals surface area (Å²) < 4.78 is 63.7. The SMILES string of the molecule is O=C(O)C(Cc1cnc[nH]1)NS(=O)(=O)c1ccc(C(F)(F)F)cc1. The Morgan fingerprint density at radius 1 is 1.29 bits per heavy atom. The van der Waals surface area contributed by atoms with Crippen LogP contribution in [-0.4, -0.2) is 35.5 Å². The Balaban J connectivity index is 2.20. The van der Waals surface area contributed by atoms with Crippen LogP contribution in [0.4, 0.5) is 13.2 Å². The molecule has 1 atom stereocenters. The van der Waals surface area contributed by atoms with Crippen LogP contribution in [0.15, 0.2) is 41.7 Å². The summed E-state index contributed by atoms with van der Waals surface area (Å²) in [7, 11) is -4.30. The molecular weight excluding hydrogens is 351 g/mol. The summed E-state index contributed by atoms with van der Waals surface area (Å²) in [5, 5.41) is 9.12. The molecule has 24 heavy (non-hydrogen) atoms. The topological polar surface area (TPSA) is 112 Å². The number of aromatic amines is 1. The van der Waals surface area contributed by atoms with Crippen LogP contribution in [0, 0.1) is 0 Å². The highest BCUT2D eigenvalue weighted by molar-refractivity contribution is 7.89. The van der Waals surface area contributed by atoms with Crippen molar-refractivity contribution in [2.75, 3.05) is 0 Å². The van der Waals surface area contributed by atoms with Crippen LogP contribution in [-0.2, 0) is 27.4 Å². The number of aliphatic carboxylic acids is 1. The van der Waals surface area contributed by atoms with Gasteiger partial charge in [0.15, 0.2) is 0 Å². The molecule has 11 heteroatoms. The third-order valence-corrected chi connectivity index (χ3v) is 4.55. The molecule has 0 aliphatic rings. The summed E-state index contributed by atoms with van der Waals surface area (Å²) >= 11 is 0. The number of aromatic nitrogens is 2. The lowest BCUT2D eigenvalue weighted by molar-refractivity contribution is -0.139. The molecule has 1 unspecified atom stereocenters. The first-order valence-corrected chi connectivity index (χ1v) is 7.97. The highest BCUT2D eigenvalue weighted by atomic mass is 32.2. The van der Waals surface area contributed by atoms with E-state index in [1.807, 2.05) is 4.72 Å². The van der Waals surface area contributed by atoms with Crippen LogP contribution >= 0.6 is 0 Å². The zero-order valence-corrected chi connectivity index (χ0v) is 12.7. The second-order valence-electron chi connectivity index (χ2n) is 4.82. The number of benzene rings is 1. The molecule has 0 fully saturated rings. The van der Waals surface area contributed by atoms with Crippen molar-refractivity contribution in [3.05, 3.63) is 48.0 Å². The van der Waals surface area contributed by atoms with Crippen LogP contribution < -0.4 is 4.72 Å². The van der Waals surface area contributed by atoms with Gasteiger partial charge in [0, 0.05) is 18.3 Å². The van der Waals surface area contributed by atoms with E-state index >= 15 is 0 Å². The van der Waals surface area contributed by atoms with E-state index in [-0.39, 0.29) is 6.42 Å². The third-order valence-electron chi connectivity index (χ3n) is 3.07. The minimum atomic E-state index is -4.60. The molecule has 2 aromatic rings. The van der Waals surface area contributed by atoms with Crippen LogP contribution in [0.3, 0.4) is 0 Å². The maximum absolute atomic E-state index is 12.5. The number of hydrogen-bond donors (Lipinski definition) is 3. The predicted molar refractivity (Wildman–Crippen MR) is 75.5 cm³/mol. The van der Waals surface area contributed by atoms with E-state index in [2.05, 4.69) is 9.97 Å². The van der Waals surface area contributed by atoms with Crippen LogP contribution in [0.2, 0.25) is 0 Å². The fraction of sp³-hybridized carbons (Fsp3) is 0.231. The molecule has 0 spiro atoms. The zero-order chi connectivity index (χ0) is 18.0. The first kappa shape index (κ1) is 17.9. The number of rotatable bonds is 6. The number of carboxylic acids is 1. The normalized spacial score (nSPS) is 13.6. The van der Waals surface area contributed by atoms with Crippen molar-refractivity contribution in [2.24, 2.45) is 0 Å². The number of H-pyrrole nitrogens is 1. The van der Waals surface area contributed by atoms with E-state index in [1.54, 1.807) is 0 Å². The minimum absolute atomic E-state index is 0.199. The van der Waals surface area contributed by atoms with Gasteiger partial charge in [0.05, 0.1) is 16.8 Å². The van der Waals surface area contributed by atoms with E-state index in [0.717, 1.165) is 12.1 Å². The Bertz CT molecular complexity index is 802. The molecule has 0 radical (unpaired) electrons. The fourth-order valence-electron chi connectivity index (χ4n) is 1.87. The van der Waals surface area contributed by atoms with Crippen LogP contribution in [0.1, 0.15) is 11.3 Å². The number of carboxylic acid groups (broad SMARTS) is 1. The van der Waals surface area contributed by atoms with Crippen molar-refractivity contribution in [1.29, 1.82) is 0 Å². The molecule has 1 aromatic carbocycles. The second-order valence-corrected chi connectivity index (χ2v) is 6.53. The van der Waals surface area contributed by atoms with Gasteiger partial charge in [-0.25, -0.2) is 13.4 Å². The lowest BCUT2D eigenvalue weighted by Crippen LogP contribution is -2.42. The van der Waals surface area contributed by atoms with E-state index in [9.17, 15) is 26.4 Å². The average Bonchev–Trinajstić information content (AvgIpc) is 2.98. The minimum Gasteiger partial charge on any atom is -0.480 e. The van der Waals surface area contributed by atoms with Crippen molar-refractivity contribution in [2.45, 2.75) is 23.5 Å². The van der Waals surface area contributed by atoms with Gasteiger partial charge in [-0.3, -0.25) is 4.79 Å². The molecular formula is C13H12F3N3O4S. The predicted octanol–water partition coefficient (Wildman–Crippen LogP) is 1.40. The molecule has 0 saturated carbocycles. The summed E-state index contributed by atoms with van der Waals surface area (Å²) in [6, 6.07) is 1.25. The molecule has 0 bridgehead atoms. The van der Waals surface area contributed by atoms with E-state index in [0.29, 0.717) is 17.8 Å². The average molecular weight is 363 g/mol. The molecule has 7 nitrogen and oxygen atoms in total. The Labute approximate surface area is 134 Å². The molecule has 1 heterocycles. The largest absolute Gasteiger partial charge is 0.480 e. The number of alkyl halides is 3. The van der Waals surface area contributed by atoms with Crippen LogP contribution in [0.25, 0.3) is 0 Å². The quantitative estimate of drug-likeness (QED) is 0.718. The summed E-state index contributed by atoms with van der Waals surface area (Å²) in [4.78, 5) is 17.1. The molecule has 1 aromatic heterocycles. The molecule has 130 valence electrons. The Hall–Kier alpha value is -2.40. The fourth-order valence-corrected chi connectivity index (χ4v) is 3.06. The van der Waals surface area contributed by atoms with Gasteiger partial charge in [0.25, 0.3) is 0 Å². The Kier molecular flexibility index (Phi) is 4.94. The molecule has 0 aliphatic carbocycles. The monoisotopic (exact) mass is 363 g/mol. The standard InChI is InChI=1S/C13H12F3N3O4S/c14-13(15,16)8-1-3-10(4-2-8)24(22,23)19-11(12(20)21)5-9-6-17-7-18-9/h1-4,6-7,11,19H,5H2,(H,17,18)(H,20,21). The first-order valence-electron chi connectivity index (χ1n) is 6.49. The van der Waals surface area contributed by atoms with E-state index < -0.39 is 38.7 Å². The highest BCUT2D eigenvalue weighted by Gasteiger charge is 2.31. The van der Waals surface area contributed by atoms with Gasteiger partial charge < -0.3 is 10.1 Å². The van der Waals surface area contributed by atoms with Gasteiger partial charge in [-0.2, -0.15) is 17.9 Å². The van der Waals surface area contributed by atoms with Crippen LogP contribution in [0.5, 0.6) is 0 Å². The Morgan fingerprint density at radius 2 is 1.92 bits per heavy atom. The lowest BCUT2D eigenvalue weighted by Gasteiger charge is -2.14. The number of nitrogens with one attached hydrogen (secondary N) is 2. The van der Waals surface area contributed by atoms with Gasteiger partial charge in [-0.1, -0.05) is 0 Å². The van der Waals surface area contributed by atoms with Crippen molar-refractivity contribution < 1.29 is 31.5 Å². The maximum Gasteiger partial charge on any atom is 0.416 e. The van der Waals surface area contributed by atoms with Gasteiger partial charge in [0.1, 0.15) is 6.04 Å². The van der Waals surface area contributed by atoms with E-state index in [1.165, 1.54) is 12.5 Å². The highest BCUT2D eigenvalue weighted by Crippen LogP contribution is 2.29. The van der Waals surface area contributed by atoms with E-state index in [4.69, 9.17) is 5.11 Å². The molecule has 3 N–H and O–H groups in total. The van der Waals surface area contributed by atoms with Crippen molar-refractivity contribution in [3.63, 3.8) is 0 Å². The number of carbonyl (C=O) groups is 1. The number of nitrogens with zero attached hydrogens (tertiary/aromatic N) is 1. The maximum atomic E-state index is 12.5. The number of hydrogen-bond acceptors (Lipinski definition) is 4. The number of imidazole rings is 1. The number of halogens is 3. The molecule has 0 saturated heterocycles. The summed E-state index contributed by atoms with van der Waals surface area (Å²) in [6.07, 6.45) is -2.16. The lowest BCUT2D eigenvalue weighted by atomic mass is 10.2. The van der Waals surface area contributed by atoms with Gasteiger partial charge >= 0.3 is 12.1 Å². The molecule has 0 amide bonds. The van der Waals surface area contributed by atoms with Crippen molar-refractivity contribution in [3.8, 4) is 0 Å². The molecule has 2 rings (SSSR count). The van der Waals surface area contributed by atoms with Crippen molar-refractivity contribution in [1.82, 2.24) is 14.7 Å². The molecule has 0 aliphatic heterocycles. The second kappa shape index (κ2) is 6.61. The summed E-state index contributed by atoms with van der Waals surface area (Å²) in [5.74, 6) is -1.43.